The van der Waals surface area contributed by atoms with Gasteiger partial charge in [-0.25, -0.2) is 4.57 Å². The molecule has 1 aromatic heterocycles. The van der Waals surface area contributed by atoms with Gasteiger partial charge in [-0.3, -0.25) is 0 Å². The third-order valence-corrected chi connectivity index (χ3v) is 3.05. The summed E-state index contributed by atoms with van der Waals surface area (Å²) in [7, 11) is -3.12. The van der Waals surface area contributed by atoms with Crippen LogP contribution in [0, 0.1) is 0 Å². The molecule has 0 bridgehead atoms. The van der Waals surface area contributed by atoms with E-state index in [2.05, 4.69) is 6.92 Å². The van der Waals surface area contributed by atoms with Crippen molar-refractivity contribution in [1.29, 1.82) is 0 Å². The standard InChI is InChI=1S/C9H17N2O2S/c1-3-4-5-6-10-7-8-11(9-10)14(2,12)13/h7-9H,3-6H2,1-2H3/q+1. The number of rotatable bonds is 5. The smallest absolute Gasteiger partial charge is 0.236 e. The van der Waals surface area contributed by atoms with Gasteiger partial charge in [-0.1, -0.05) is 13.3 Å². The van der Waals surface area contributed by atoms with Crippen molar-refractivity contribution in [2.24, 2.45) is 0 Å². The first-order chi connectivity index (χ1) is 6.54. The predicted molar refractivity (Wildman–Crippen MR) is 54.4 cm³/mol. The van der Waals surface area contributed by atoms with Crippen molar-refractivity contribution >= 4 is 10.0 Å². The summed E-state index contributed by atoms with van der Waals surface area (Å²) in [4.78, 5) is 0. The van der Waals surface area contributed by atoms with Gasteiger partial charge >= 0.3 is 10.0 Å². The molecule has 4 nitrogen and oxygen atoms in total. The number of hydrogen-bond donors (Lipinski definition) is 0. The maximum absolute atomic E-state index is 11.1. The number of aryl methyl sites for hydroxylation is 1. The Morgan fingerprint density at radius 3 is 2.57 bits per heavy atom. The van der Waals surface area contributed by atoms with Crippen molar-refractivity contribution in [3.05, 3.63) is 18.7 Å². The van der Waals surface area contributed by atoms with E-state index in [4.69, 9.17) is 0 Å². The molecular weight excluding hydrogens is 200 g/mol. The predicted octanol–water partition coefficient (Wildman–Crippen LogP) is 0.774. The summed E-state index contributed by atoms with van der Waals surface area (Å²) in [5, 5.41) is 0. The lowest BCUT2D eigenvalue weighted by Crippen LogP contribution is -2.31. The molecule has 0 N–H and O–H groups in total. The van der Waals surface area contributed by atoms with Crippen LogP contribution in [0.1, 0.15) is 26.2 Å². The molecule has 0 radical (unpaired) electrons. The summed E-state index contributed by atoms with van der Waals surface area (Å²) >= 11 is 0. The van der Waals surface area contributed by atoms with E-state index in [0.717, 1.165) is 13.0 Å². The van der Waals surface area contributed by atoms with Gasteiger partial charge < -0.3 is 0 Å². The van der Waals surface area contributed by atoms with E-state index in [-0.39, 0.29) is 0 Å². The van der Waals surface area contributed by atoms with Crippen LogP contribution < -0.4 is 4.57 Å². The number of aromatic nitrogens is 2. The molecule has 0 aliphatic heterocycles. The van der Waals surface area contributed by atoms with Crippen LogP contribution in [0.25, 0.3) is 0 Å². The molecular formula is C9H17N2O2S+. The minimum atomic E-state index is -3.12. The van der Waals surface area contributed by atoms with Gasteiger partial charge in [0, 0.05) is 0 Å². The van der Waals surface area contributed by atoms with Gasteiger partial charge in [0.2, 0.25) is 0 Å². The van der Waals surface area contributed by atoms with E-state index in [1.54, 1.807) is 18.7 Å². The first-order valence-electron chi connectivity index (χ1n) is 4.81. The summed E-state index contributed by atoms with van der Waals surface area (Å²) in [5.41, 5.74) is 0. The zero-order chi connectivity index (χ0) is 10.6. The van der Waals surface area contributed by atoms with Gasteiger partial charge in [-0.15, -0.1) is 3.97 Å². The highest BCUT2D eigenvalue weighted by Crippen LogP contribution is 1.95. The average molecular weight is 217 g/mol. The Balaban J connectivity index is 2.60. The maximum Gasteiger partial charge on any atom is 0.301 e. The minimum Gasteiger partial charge on any atom is -0.236 e. The lowest BCUT2D eigenvalue weighted by molar-refractivity contribution is -0.696. The van der Waals surface area contributed by atoms with Crippen LogP contribution in [0.3, 0.4) is 0 Å². The average Bonchev–Trinajstić information content (AvgIpc) is 2.52. The van der Waals surface area contributed by atoms with E-state index in [1.807, 2.05) is 4.57 Å². The lowest BCUT2D eigenvalue weighted by Gasteiger charge is -1.94. The summed E-state index contributed by atoms with van der Waals surface area (Å²) in [5.74, 6) is 0. The topological polar surface area (TPSA) is 43.0 Å². The van der Waals surface area contributed by atoms with Crippen molar-refractivity contribution in [2.45, 2.75) is 32.7 Å². The van der Waals surface area contributed by atoms with Crippen LogP contribution in [0.15, 0.2) is 18.7 Å². The first kappa shape index (κ1) is 11.2. The minimum absolute atomic E-state index is 0.885. The zero-order valence-electron chi connectivity index (χ0n) is 8.68. The fourth-order valence-corrected chi connectivity index (χ4v) is 1.82. The van der Waals surface area contributed by atoms with Crippen LogP contribution in [0.2, 0.25) is 0 Å². The van der Waals surface area contributed by atoms with E-state index >= 15 is 0 Å². The van der Waals surface area contributed by atoms with Crippen LogP contribution in [-0.4, -0.2) is 18.6 Å². The summed E-state index contributed by atoms with van der Waals surface area (Å²) < 4.78 is 25.4. The lowest BCUT2D eigenvalue weighted by atomic mass is 10.2. The Morgan fingerprint density at radius 1 is 1.36 bits per heavy atom. The van der Waals surface area contributed by atoms with Crippen LogP contribution in [-0.2, 0) is 16.6 Å². The van der Waals surface area contributed by atoms with Gasteiger partial charge in [0.25, 0.3) is 6.33 Å². The molecule has 0 saturated heterocycles. The molecule has 0 aromatic carbocycles. The van der Waals surface area contributed by atoms with E-state index < -0.39 is 10.0 Å². The fraction of sp³-hybridized carbons (Fsp3) is 0.667. The second-order valence-corrected chi connectivity index (χ2v) is 5.34. The Kier molecular flexibility index (Phi) is 3.69. The normalized spacial score (nSPS) is 11.9. The number of imidazole rings is 1. The molecule has 1 aromatic rings. The molecule has 0 saturated carbocycles. The van der Waals surface area contributed by atoms with E-state index in [9.17, 15) is 8.42 Å². The molecule has 5 heteroatoms. The van der Waals surface area contributed by atoms with Crippen molar-refractivity contribution in [1.82, 2.24) is 3.97 Å². The first-order valence-corrected chi connectivity index (χ1v) is 6.66. The Hall–Kier alpha value is -0.840. The quantitative estimate of drug-likeness (QED) is 0.540. The van der Waals surface area contributed by atoms with Crippen molar-refractivity contribution in [3.63, 3.8) is 0 Å². The van der Waals surface area contributed by atoms with E-state index in [0.29, 0.717) is 0 Å². The molecule has 0 atom stereocenters. The fourth-order valence-electron chi connectivity index (χ4n) is 1.25. The number of nitrogens with zero attached hydrogens (tertiary/aromatic N) is 2. The summed E-state index contributed by atoms with van der Waals surface area (Å²) in [6, 6.07) is 0. The second kappa shape index (κ2) is 4.59. The molecule has 0 fully saturated rings. The highest BCUT2D eigenvalue weighted by Gasteiger charge is 2.12. The molecule has 0 unspecified atom stereocenters. The summed E-state index contributed by atoms with van der Waals surface area (Å²) in [6.07, 6.45) is 9.62. The van der Waals surface area contributed by atoms with Gasteiger partial charge in [-0.2, -0.15) is 8.42 Å². The SMILES string of the molecule is CCCCC[n+]1ccn(S(C)(=O)=O)c1. The summed E-state index contributed by atoms with van der Waals surface area (Å²) in [6.45, 7) is 3.03. The number of hydrogen-bond acceptors (Lipinski definition) is 2. The third kappa shape index (κ3) is 3.14. The molecule has 14 heavy (non-hydrogen) atoms. The maximum atomic E-state index is 11.1. The largest absolute Gasteiger partial charge is 0.301 e. The van der Waals surface area contributed by atoms with Gasteiger partial charge in [0.15, 0.2) is 0 Å². The van der Waals surface area contributed by atoms with Gasteiger partial charge in [-0.05, 0) is 12.8 Å². The molecule has 1 heterocycles. The third-order valence-electron chi connectivity index (χ3n) is 2.07. The van der Waals surface area contributed by atoms with Crippen molar-refractivity contribution in [2.75, 3.05) is 6.26 Å². The zero-order valence-corrected chi connectivity index (χ0v) is 9.50. The Labute approximate surface area is 85.2 Å². The highest BCUT2D eigenvalue weighted by atomic mass is 32.2. The van der Waals surface area contributed by atoms with Crippen molar-refractivity contribution < 1.29 is 13.0 Å². The second-order valence-electron chi connectivity index (χ2n) is 3.45. The van der Waals surface area contributed by atoms with E-state index in [1.165, 1.54) is 23.1 Å². The van der Waals surface area contributed by atoms with Gasteiger partial charge in [0.05, 0.1) is 12.8 Å². The Morgan fingerprint density at radius 2 is 2.07 bits per heavy atom. The molecule has 0 aliphatic carbocycles. The number of unbranched alkanes of at least 4 members (excludes halogenated alkanes) is 2. The molecule has 0 amide bonds. The molecule has 1 rings (SSSR count). The molecule has 80 valence electrons. The van der Waals surface area contributed by atoms with Crippen LogP contribution in [0.5, 0.6) is 0 Å². The van der Waals surface area contributed by atoms with Crippen LogP contribution in [0.4, 0.5) is 0 Å². The van der Waals surface area contributed by atoms with Crippen LogP contribution >= 0.6 is 0 Å². The molecule has 0 spiro atoms. The highest BCUT2D eigenvalue weighted by molar-refractivity contribution is 7.89. The monoisotopic (exact) mass is 217 g/mol. The van der Waals surface area contributed by atoms with Gasteiger partial charge in [0.1, 0.15) is 12.4 Å². The molecule has 0 aliphatic rings. The van der Waals surface area contributed by atoms with Crippen molar-refractivity contribution in [3.8, 4) is 0 Å². The Bertz CT molecular complexity index is 381.